The summed E-state index contributed by atoms with van der Waals surface area (Å²) in [5, 5.41) is 19.5. The lowest BCUT2D eigenvalue weighted by atomic mass is 9.93. The van der Waals surface area contributed by atoms with E-state index in [-0.39, 0.29) is 6.10 Å². The van der Waals surface area contributed by atoms with Crippen molar-refractivity contribution in [2.75, 3.05) is 7.11 Å². The van der Waals surface area contributed by atoms with Crippen LogP contribution in [0.4, 0.5) is 4.39 Å². The Morgan fingerprint density at radius 2 is 2.03 bits per heavy atom. The van der Waals surface area contributed by atoms with Gasteiger partial charge in [0.25, 0.3) is 0 Å². The average Bonchev–Trinajstić information content (AvgIpc) is 2.82. The minimum Gasteiger partial charge on any atom is -0.497 e. The van der Waals surface area contributed by atoms with Crippen molar-refractivity contribution >= 4 is 5.97 Å². The Bertz CT molecular complexity index is 1140. The van der Waals surface area contributed by atoms with Gasteiger partial charge in [0.05, 0.1) is 42.9 Å². The van der Waals surface area contributed by atoms with Gasteiger partial charge in [-0.25, -0.2) is 4.39 Å². The summed E-state index contributed by atoms with van der Waals surface area (Å²) in [7, 11) is 1.51. The fourth-order valence-electron chi connectivity index (χ4n) is 3.67. The molecule has 0 spiro atoms. The highest BCUT2D eigenvalue weighted by Crippen LogP contribution is 2.37. The Hall–Kier alpha value is -3.52. The molecule has 0 aliphatic carbocycles. The van der Waals surface area contributed by atoms with E-state index < -0.39 is 23.8 Å². The summed E-state index contributed by atoms with van der Waals surface area (Å²) >= 11 is 0. The molecule has 1 aliphatic rings. The standard InChI is InChI=1S/C24H23FN2O5/c1-13(24(29)30)23(28)15-4-3-14-5-8-21(32-22(14)9-15)20-12-26-19(11-27-20)17-10-16(31-2)6-7-18(17)25/h3-4,6-7,9-13,21,23,28H,5,8H2,1-2H3,(H,29,30)/t13-,21?,23+/m0/s1. The number of hydrogen-bond acceptors (Lipinski definition) is 6. The molecule has 2 aromatic carbocycles. The van der Waals surface area contributed by atoms with Crippen LogP contribution in [0.5, 0.6) is 11.5 Å². The van der Waals surface area contributed by atoms with Gasteiger partial charge in [0.1, 0.15) is 23.4 Å². The molecule has 7 nitrogen and oxygen atoms in total. The number of hydrogen-bond donors (Lipinski definition) is 2. The fourth-order valence-corrected chi connectivity index (χ4v) is 3.67. The number of nitrogens with zero attached hydrogens (tertiary/aromatic N) is 2. The Kier molecular flexibility index (Phi) is 6.05. The maximum absolute atomic E-state index is 14.2. The summed E-state index contributed by atoms with van der Waals surface area (Å²) in [6, 6.07) is 9.68. The molecule has 0 fully saturated rings. The molecule has 0 radical (unpaired) electrons. The molecule has 8 heteroatoms. The van der Waals surface area contributed by atoms with Crippen LogP contribution in [0.25, 0.3) is 11.3 Å². The third kappa shape index (κ3) is 4.27. The first kappa shape index (κ1) is 21.7. The number of methoxy groups -OCH3 is 1. The monoisotopic (exact) mass is 438 g/mol. The second-order valence-corrected chi connectivity index (χ2v) is 7.76. The summed E-state index contributed by atoms with van der Waals surface area (Å²) in [4.78, 5) is 20.0. The van der Waals surface area contributed by atoms with Crippen molar-refractivity contribution in [1.82, 2.24) is 9.97 Å². The number of aliphatic hydroxyl groups is 1. The zero-order chi connectivity index (χ0) is 22.8. The summed E-state index contributed by atoms with van der Waals surface area (Å²) < 4.78 is 25.5. The lowest BCUT2D eigenvalue weighted by Crippen LogP contribution is -2.20. The third-order valence-corrected chi connectivity index (χ3v) is 5.69. The van der Waals surface area contributed by atoms with E-state index in [0.717, 1.165) is 12.0 Å². The number of aryl methyl sites for hydroxylation is 1. The number of aromatic nitrogens is 2. The summed E-state index contributed by atoms with van der Waals surface area (Å²) in [5.41, 5.74) is 2.74. The van der Waals surface area contributed by atoms with Crippen molar-refractivity contribution in [2.24, 2.45) is 5.92 Å². The molecule has 0 saturated heterocycles. The SMILES string of the molecule is COc1ccc(F)c(-c2cnc(C3CCc4ccc([C@H](O)[C@H](C)C(=O)O)cc4O3)cn2)c1. The molecule has 3 aromatic rings. The number of carboxylic acid groups (broad SMARTS) is 1. The van der Waals surface area contributed by atoms with Crippen molar-refractivity contribution in [3.63, 3.8) is 0 Å². The quantitative estimate of drug-likeness (QED) is 0.597. The van der Waals surface area contributed by atoms with Crippen molar-refractivity contribution in [2.45, 2.75) is 32.0 Å². The van der Waals surface area contributed by atoms with E-state index in [2.05, 4.69) is 9.97 Å². The number of rotatable bonds is 6. The van der Waals surface area contributed by atoms with Crippen LogP contribution in [-0.2, 0) is 11.2 Å². The molecule has 1 aliphatic heterocycles. The van der Waals surface area contributed by atoms with Crippen LogP contribution in [0, 0.1) is 11.7 Å². The molecule has 1 aromatic heterocycles. The zero-order valence-corrected chi connectivity index (χ0v) is 17.7. The van der Waals surface area contributed by atoms with Crippen molar-refractivity contribution < 1.29 is 28.9 Å². The summed E-state index contributed by atoms with van der Waals surface area (Å²) in [5.74, 6) is -1.33. The number of carbonyl (C=O) groups is 1. The van der Waals surface area contributed by atoms with Crippen LogP contribution in [0.3, 0.4) is 0 Å². The van der Waals surface area contributed by atoms with Gasteiger partial charge in [0.15, 0.2) is 0 Å². The number of fused-ring (bicyclic) bond motifs is 1. The van der Waals surface area contributed by atoms with Crippen LogP contribution in [-0.4, -0.2) is 33.3 Å². The van der Waals surface area contributed by atoms with Crippen LogP contribution in [0.2, 0.25) is 0 Å². The minimum atomic E-state index is -1.14. The molecule has 0 bridgehead atoms. The number of ether oxygens (including phenoxy) is 2. The molecule has 2 N–H and O–H groups in total. The predicted molar refractivity (Wildman–Crippen MR) is 114 cm³/mol. The Morgan fingerprint density at radius 3 is 2.72 bits per heavy atom. The van der Waals surface area contributed by atoms with E-state index >= 15 is 0 Å². The Balaban J connectivity index is 1.55. The Labute approximate surface area is 184 Å². The number of carboxylic acids is 1. The summed E-state index contributed by atoms with van der Waals surface area (Å²) in [6.07, 6.45) is 2.98. The van der Waals surface area contributed by atoms with E-state index in [9.17, 15) is 14.3 Å². The van der Waals surface area contributed by atoms with Crippen molar-refractivity contribution in [3.8, 4) is 22.8 Å². The lowest BCUT2D eigenvalue weighted by Gasteiger charge is -2.27. The molecular weight excluding hydrogens is 415 g/mol. The molecule has 3 atom stereocenters. The van der Waals surface area contributed by atoms with Gasteiger partial charge in [-0.05, 0) is 55.2 Å². The first-order valence-electron chi connectivity index (χ1n) is 10.2. The van der Waals surface area contributed by atoms with Gasteiger partial charge in [-0.1, -0.05) is 12.1 Å². The van der Waals surface area contributed by atoms with Crippen LogP contribution >= 0.6 is 0 Å². The molecule has 0 saturated carbocycles. The number of aliphatic hydroxyl groups excluding tert-OH is 1. The molecule has 166 valence electrons. The van der Waals surface area contributed by atoms with E-state index in [1.165, 1.54) is 32.4 Å². The lowest BCUT2D eigenvalue weighted by molar-refractivity contribution is -0.145. The second-order valence-electron chi connectivity index (χ2n) is 7.76. The van der Waals surface area contributed by atoms with Gasteiger partial charge >= 0.3 is 5.97 Å². The molecule has 32 heavy (non-hydrogen) atoms. The Morgan fingerprint density at radius 1 is 1.22 bits per heavy atom. The number of aliphatic carboxylic acids is 1. The third-order valence-electron chi connectivity index (χ3n) is 5.69. The van der Waals surface area contributed by atoms with E-state index in [4.69, 9.17) is 14.6 Å². The number of halogens is 1. The highest BCUT2D eigenvalue weighted by molar-refractivity contribution is 5.70. The smallest absolute Gasteiger partial charge is 0.309 e. The predicted octanol–water partition coefficient (Wildman–Crippen LogP) is 4.11. The maximum atomic E-state index is 14.2. The van der Waals surface area contributed by atoms with Crippen LogP contribution < -0.4 is 9.47 Å². The normalized spacial score (nSPS) is 17.1. The van der Waals surface area contributed by atoms with Crippen molar-refractivity contribution in [1.29, 1.82) is 0 Å². The molecule has 2 heterocycles. The van der Waals surface area contributed by atoms with Gasteiger partial charge in [-0.3, -0.25) is 14.8 Å². The van der Waals surface area contributed by atoms with Crippen LogP contribution in [0.15, 0.2) is 48.8 Å². The van der Waals surface area contributed by atoms with E-state index in [1.54, 1.807) is 24.4 Å². The van der Waals surface area contributed by atoms with Gasteiger partial charge in [0.2, 0.25) is 0 Å². The highest BCUT2D eigenvalue weighted by Gasteiger charge is 2.27. The first-order chi connectivity index (χ1) is 15.4. The van der Waals surface area contributed by atoms with Crippen molar-refractivity contribution in [3.05, 3.63) is 71.4 Å². The van der Waals surface area contributed by atoms with E-state index in [1.807, 2.05) is 6.07 Å². The van der Waals surface area contributed by atoms with Crippen LogP contribution in [0.1, 0.15) is 42.4 Å². The molecule has 0 amide bonds. The zero-order valence-electron chi connectivity index (χ0n) is 17.7. The van der Waals surface area contributed by atoms with Gasteiger partial charge in [-0.2, -0.15) is 0 Å². The van der Waals surface area contributed by atoms with Gasteiger partial charge < -0.3 is 19.7 Å². The molecular formula is C24H23FN2O5. The highest BCUT2D eigenvalue weighted by atomic mass is 19.1. The summed E-state index contributed by atoms with van der Waals surface area (Å²) in [6.45, 7) is 1.46. The molecule has 1 unspecified atom stereocenters. The largest absolute Gasteiger partial charge is 0.497 e. The average molecular weight is 438 g/mol. The first-order valence-corrected chi connectivity index (χ1v) is 10.2. The minimum absolute atomic E-state index is 0.296. The second kappa shape index (κ2) is 8.92. The van der Waals surface area contributed by atoms with E-state index in [0.29, 0.717) is 40.4 Å². The maximum Gasteiger partial charge on any atom is 0.309 e. The molecule has 4 rings (SSSR count). The topological polar surface area (TPSA) is 102 Å². The van der Waals surface area contributed by atoms with Gasteiger partial charge in [0, 0.05) is 5.56 Å². The fraction of sp³-hybridized carbons (Fsp3) is 0.292. The number of benzene rings is 2. The van der Waals surface area contributed by atoms with Gasteiger partial charge in [-0.15, -0.1) is 0 Å².